The molecule has 0 bridgehead atoms. The molecule has 0 aliphatic rings. The van der Waals surface area contributed by atoms with Crippen LogP contribution < -0.4 is 0 Å². The highest BCUT2D eigenvalue weighted by Crippen LogP contribution is 2.28. The molecular formula is C19H15NO2S2. The summed E-state index contributed by atoms with van der Waals surface area (Å²) in [5.74, 6) is -0.154. The molecule has 3 aromatic rings. The van der Waals surface area contributed by atoms with E-state index in [-0.39, 0.29) is 0 Å². The molecule has 0 radical (unpaired) electrons. The Bertz CT molecular complexity index is 857. The van der Waals surface area contributed by atoms with Crippen molar-refractivity contribution in [2.45, 2.75) is 10.6 Å². The van der Waals surface area contributed by atoms with Crippen LogP contribution in [0.15, 0.2) is 70.9 Å². The SMILES string of the molecule is O=C(O)C=Cc1cccc(SCc2csc(-c3ccccc3)n2)c1. The van der Waals surface area contributed by atoms with Crippen LogP contribution in [-0.2, 0) is 10.5 Å². The van der Waals surface area contributed by atoms with Crippen LogP contribution >= 0.6 is 23.1 Å². The van der Waals surface area contributed by atoms with Gasteiger partial charge in [-0.05, 0) is 23.8 Å². The molecule has 5 heteroatoms. The Balaban J connectivity index is 1.65. The van der Waals surface area contributed by atoms with Crippen molar-refractivity contribution in [2.24, 2.45) is 0 Å². The van der Waals surface area contributed by atoms with E-state index in [1.807, 2.05) is 42.5 Å². The van der Waals surface area contributed by atoms with Gasteiger partial charge in [-0.3, -0.25) is 0 Å². The maximum Gasteiger partial charge on any atom is 0.328 e. The molecule has 0 aliphatic carbocycles. The fourth-order valence-electron chi connectivity index (χ4n) is 2.12. The second-order valence-corrected chi connectivity index (χ2v) is 6.95. The van der Waals surface area contributed by atoms with E-state index < -0.39 is 5.97 Å². The number of aromatic nitrogens is 1. The molecule has 1 heterocycles. The lowest BCUT2D eigenvalue weighted by Crippen LogP contribution is -1.86. The van der Waals surface area contributed by atoms with Gasteiger partial charge in [-0.25, -0.2) is 9.78 Å². The van der Waals surface area contributed by atoms with Gasteiger partial charge in [-0.2, -0.15) is 0 Å². The third-order valence-electron chi connectivity index (χ3n) is 3.24. The molecule has 0 aliphatic heterocycles. The number of rotatable bonds is 6. The summed E-state index contributed by atoms with van der Waals surface area (Å²) < 4.78 is 0. The molecule has 1 aromatic heterocycles. The van der Waals surface area contributed by atoms with E-state index in [1.54, 1.807) is 29.2 Å². The summed E-state index contributed by atoms with van der Waals surface area (Å²) >= 11 is 3.34. The van der Waals surface area contributed by atoms with Crippen LogP contribution in [0.4, 0.5) is 0 Å². The van der Waals surface area contributed by atoms with Gasteiger partial charge in [0.1, 0.15) is 5.01 Å². The minimum atomic E-state index is -0.941. The minimum Gasteiger partial charge on any atom is -0.478 e. The smallest absolute Gasteiger partial charge is 0.328 e. The van der Waals surface area contributed by atoms with Gasteiger partial charge < -0.3 is 5.11 Å². The average molecular weight is 353 g/mol. The summed E-state index contributed by atoms with van der Waals surface area (Å²) in [6, 6.07) is 18.0. The van der Waals surface area contributed by atoms with Crippen LogP contribution in [0, 0.1) is 0 Å². The summed E-state index contributed by atoms with van der Waals surface area (Å²) in [6.07, 6.45) is 2.75. The number of aliphatic carboxylic acids is 1. The van der Waals surface area contributed by atoms with Crippen LogP contribution in [0.1, 0.15) is 11.3 Å². The molecule has 0 fully saturated rings. The van der Waals surface area contributed by atoms with Gasteiger partial charge in [-0.1, -0.05) is 42.5 Å². The zero-order valence-electron chi connectivity index (χ0n) is 12.8. The molecule has 2 aromatic carbocycles. The Labute approximate surface area is 148 Å². The number of carboxylic acid groups (broad SMARTS) is 1. The highest BCUT2D eigenvalue weighted by molar-refractivity contribution is 7.98. The lowest BCUT2D eigenvalue weighted by atomic mass is 10.2. The Morgan fingerprint density at radius 2 is 2.00 bits per heavy atom. The van der Waals surface area contributed by atoms with Crippen molar-refractivity contribution in [3.8, 4) is 10.6 Å². The van der Waals surface area contributed by atoms with Gasteiger partial charge in [0.05, 0.1) is 5.69 Å². The standard InChI is InChI=1S/C19H15NO2S2/c21-18(22)10-9-14-5-4-8-17(11-14)23-12-16-13-24-19(20-16)15-6-2-1-3-7-15/h1-11,13H,12H2,(H,21,22). The van der Waals surface area contributed by atoms with Gasteiger partial charge >= 0.3 is 5.97 Å². The second-order valence-electron chi connectivity index (χ2n) is 5.04. The van der Waals surface area contributed by atoms with E-state index in [0.29, 0.717) is 0 Å². The molecule has 0 saturated heterocycles. The molecule has 0 amide bonds. The molecule has 1 N–H and O–H groups in total. The van der Waals surface area contributed by atoms with Crippen LogP contribution in [0.25, 0.3) is 16.6 Å². The predicted molar refractivity (Wildman–Crippen MR) is 100 cm³/mol. The van der Waals surface area contributed by atoms with E-state index in [9.17, 15) is 4.79 Å². The van der Waals surface area contributed by atoms with E-state index in [0.717, 1.165) is 38.6 Å². The molecule has 0 unspecified atom stereocenters. The maximum absolute atomic E-state index is 10.6. The molecular weight excluding hydrogens is 338 g/mol. The summed E-state index contributed by atoms with van der Waals surface area (Å²) in [4.78, 5) is 16.4. The number of nitrogens with zero attached hydrogens (tertiary/aromatic N) is 1. The molecule has 120 valence electrons. The minimum absolute atomic E-state index is 0.787. The van der Waals surface area contributed by atoms with Crippen molar-refractivity contribution in [1.82, 2.24) is 4.98 Å². The first-order valence-electron chi connectivity index (χ1n) is 7.34. The molecule has 0 saturated carbocycles. The van der Waals surface area contributed by atoms with E-state index in [1.165, 1.54) is 0 Å². The van der Waals surface area contributed by atoms with E-state index >= 15 is 0 Å². The van der Waals surface area contributed by atoms with Crippen LogP contribution in [-0.4, -0.2) is 16.1 Å². The topological polar surface area (TPSA) is 50.2 Å². The fraction of sp³-hybridized carbons (Fsp3) is 0.0526. The number of benzene rings is 2. The van der Waals surface area contributed by atoms with E-state index in [2.05, 4.69) is 22.5 Å². The second kappa shape index (κ2) is 7.95. The van der Waals surface area contributed by atoms with E-state index in [4.69, 9.17) is 5.11 Å². The zero-order chi connectivity index (χ0) is 16.8. The number of carbonyl (C=O) groups is 1. The molecule has 3 nitrogen and oxygen atoms in total. The van der Waals surface area contributed by atoms with Crippen LogP contribution in [0.3, 0.4) is 0 Å². The lowest BCUT2D eigenvalue weighted by molar-refractivity contribution is -0.131. The number of carboxylic acids is 1. The lowest BCUT2D eigenvalue weighted by Gasteiger charge is -2.01. The normalized spacial score (nSPS) is 11.0. The number of thioether (sulfide) groups is 1. The first-order chi connectivity index (χ1) is 11.7. The zero-order valence-corrected chi connectivity index (χ0v) is 14.4. The number of thiazole rings is 1. The molecule has 0 spiro atoms. The van der Waals surface area contributed by atoms with Crippen LogP contribution in [0.2, 0.25) is 0 Å². The van der Waals surface area contributed by atoms with Crippen molar-refractivity contribution >= 4 is 35.1 Å². The molecule has 0 atom stereocenters. The average Bonchev–Trinajstić information content (AvgIpc) is 3.08. The maximum atomic E-state index is 10.6. The first kappa shape index (κ1) is 16.5. The number of hydrogen-bond acceptors (Lipinski definition) is 4. The fourth-order valence-corrected chi connectivity index (χ4v) is 3.91. The van der Waals surface area contributed by atoms with Crippen molar-refractivity contribution in [1.29, 1.82) is 0 Å². The summed E-state index contributed by atoms with van der Waals surface area (Å²) in [7, 11) is 0. The van der Waals surface area contributed by atoms with Gasteiger partial charge in [0.15, 0.2) is 0 Å². The summed E-state index contributed by atoms with van der Waals surface area (Å²) in [5, 5.41) is 11.8. The van der Waals surface area contributed by atoms with Crippen molar-refractivity contribution in [3.63, 3.8) is 0 Å². The summed E-state index contributed by atoms with van der Waals surface area (Å²) in [6.45, 7) is 0. The van der Waals surface area contributed by atoms with Gasteiger partial charge in [0.25, 0.3) is 0 Å². The number of hydrogen-bond donors (Lipinski definition) is 1. The Kier molecular flexibility index (Phi) is 5.46. The van der Waals surface area contributed by atoms with Gasteiger partial charge in [0.2, 0.25) is 0 Å². The van der Waals surface area contributed by atoms with Gasteiger partial charge in [0, 0.05) is 27.7 Å². The monoisotopic (exact) mass is 353 g/mol. The predicted octanol–water partition coefficient (Wildman–Crippen LogP) is 5.20. The van der Waals surface area contributed by atoms with Gasteiger partial charge in [-0.15, -0.1) is 23.1 Å². The largest absolute Gasteiger partial charge is 0.478 e. The molecule has 24 heavy (non-hydrogen) atoms. The Morgan fingerprint density at radius 3 is 2.79 bits per heavy atom. The third kappa shape index (κ3) is 4.57. The van der Waals surface area contributed by atoms with Crippen molar-refractivity contribution in [3.05, 3.63) is 77.3 Å². The van der Waals surface area contributed by atoms with Crippen LogP contribution in [0.5, 0.6) is 0 Å². The van der Waals surface area contributed by atoms with Crippen molar-refractivity contribution in [2.75, 3.05) is 0 Å². The Hall–Kier alpha value is -2.37. The highest BCUT2D eigenvalue weighted by Gasteiger charge is 2.05. The molecule has 3 rings (SSSR count). The quantitative estimate of drug-likeness (QED) is 0.489. The third-order valence-corrected chi connectivity index (χ3v) is 5.20. The van der Waals surface area contributed by atoms with Crippen molar-refractivity contribution < 1.29 is 9.90 Å². The first-order valence-corrected chi connectivity index (χ1v) is 9.21. The summed E-state index contributed by atoms with van der Waals surface area (Å²) in [5.41, 5.74) is 3.07. The Morgan fingerprint density at radius 1 is 1.17 bits per heavy atom. The highest BCUT2D eigenvalue weighted by atomic mass is 32.2.